The molecule has 5 heteroatoms. The minimum absolute atomic E-state index is 0.0971. The average Bonchev–Trinajstić information content (AvgIpc) is 2.64. The van der Waals surface area contributed by atoms with Crippen LogP contribution in [-0.4, -0.2) is 42.0 Å². The van der Waals surface area contributed by atoms with E-state index in [0.29, 0.717) is 5.56 Å². The molecule has 4 nitrogen and oxygen atoms in total. The third-order valence-corrected chi connectivity index (χ3v) is 6.00. The lowest BCUT2D eigenvalue weighted by atomic mass is 10.1. The highest BCUT2D eigenvalue weighted by Gasteiger charge is 2.28. The lowest BCUT2D eigenvalue weighted by molar-refractivity contribution is 0.101. The van der Waals surface area contributed by atoms with Gasteiger partial charge >= 0.3 is 0 Å². The quantitative estimate of drug-likeness (QED) is 0.700. The predicted octanol–water partition coefficient (Wildman–Crippen LogP) is 4.93. The molecule has 0 spiro atoms. The highest BCUT2D eigenvalue weighted by Crippen LogP contribution is 2.52. The smallest absolute Gasteiger partial charge is 0.163 e. The van der Waals surface area contributed by atoms with Crippen LogP contribution in [0.25, 0.3) is 0 Å². The molecule has 2 aromatic carbocycles. The number of para-hydroxylation sites is 1. The molecule has 0 saturated heterocycles. The minimum atomic E-state index is -0.114. The van der Waals surface area contributed by atoms with E-state index in [1.54, 1.807) is 17.8 Å². The van der Waals surface area contributed by atoms with Crippen LogP contribution in [0.1, 0.15) is 37.6 Å². The van der Waals surface area contributed by atoms with Gasteiger partial charge in [0.25, 0.3) is 0 Å². The minimum Gasteiger partial charge on any atom is -0.505 e. The zero-order valence-corrected chi connectivity index (χ0v) is 16.5. The first-order valence-corrected chi connectivity index (χ1v) is 10.0. The number of nitrogens with zero attached hydrogens (tertiary/aromatic N) is 2. The Hall–Kier alpha value is -1.98. The Morgan fingerprint density at radius 3 is 2.54 bits per heavy atom. The number of anilines is 2. The maximum absolute atomic E-state index is 11.9. The number of carbonyl (C=O) groups is 1. The summed E-state index contributed by atoms with van der Waals surface area (Å²) in [5, 5.41) is 10.8. The number of hydrogen-bond donors (Lipinski definition) is 1. The average molecular weight is 371 g/mol. The third kappa shape index (κ3) is 3.60. The van der Waals surface area contributed by atoms with Gasteiger partial charge in [0.1, 0.15) is 0 Å². The molecule has 0 atom stereocenters. The Kier molecular flexibility index (Phi) is 5.89. The van der Waals surface area contributed by atoms with Crippen molar-refractivity contribution in [3.05, 3.63) is 42.0 Å². The molecule has 1 aliphatic heterocycles. The molecular formula is C21H26N2O2S. The number of carbonyl (C=O) groups excluding carboxylic acids is 1. The number of ketones is 1. The molecule has 0 bridgehead atoms. The zero-order valence-electron chi connectivity index (χ0n) is 15.7. The van der Waals surface area contributed by atoms with Crippen LogP contribution >= 0.6 is 11.8 Å². The summed E-state index contributed by atoms with van der Waals surface area (Å²) in [6.07, 6.45) is 0.990. The van der Waals surface area contributed by atoms with Gasteiger partial charge in [0.2, 0.25) is 0 Å². The van der Waals surface area contributed by atoms with Gasteiger partial charge in [-0.25, -0.2) is 0 Å². The monoisotopic (exact) mass is 370 g/mol. The molecule has 26 heavy (non-hydrogen) atoms. The Labute approximate surface area is 159 Å². The summed E-state index contributed by atoms with van der Waals surface area (Å²) >= 11 is 1.65. The van der Waals surface area contributed by atoms with Crippen molar-refractivity contribution < 1.29 is 9.90 Å². The van der Waals surface area contributed by atoms with Gasteiger partial charge in [0.15, 0.2) is 11.5 Å². The van der Waals surface area contributed by atoms with Crippen LogP contribution in [0.4, 0.5) is 11.4 Å². The van der Waals surface area contributed by atoms with Crippen LogP contribution < -0.4 is 4.90 Å². The first-order valence-electron chi connectivity index (χ1n) is 9.20. The Morgan fingerprint density at radius 2 is 1.85 bits per heavy atom. The summed E-state index contributed by atoms with van der Waals surface area (Å²) in [4.78, 5) is 18.6. The fourth-order valence-electron chi connectivity index (χ4n) is 3.42. The van der Waals surface area contributed by atoms with E-state index in [2.05, 4.69) is 35.8 Å². The number of rotatable bonds is 7. The summed E-state index contributed by atoms with van der Waals surface area (Å²) in [5.41, 5.74) is 2.25. The topological polar surface area (TPSA) is 43.8 Å². The van der Waals surface area contributed by atoms with Gasteiger partial charge in [-0.1, -0.05) is 37.7 Å². The highest BCUT2D eigenvalue weighted by molar-refractivity contribution is 7.99. The number of Topliss-reactive ketones (excluding diaryl/α,β-unsaturated/α-hetero) is 1. The van der Waals surface area contributed by atoms with Crippen molar-refractivity contribution in [2.24, 2.45) is 0 Å². The standard InChI is InChI=1S/C21H26N2O2S/c1-4-22(5-2)13-8-14-23-17-9-6-7-10-18(17)26-19-12-11-16(15(3)24)21(25)20(19)23/h6-7,9-12,25H,4-5,8,13-14H2,1-3H3. The molecule has 1 heterocycles. The van der Waals surface area contributed by atoms with Crippen molar-refractivity contribution in [1.82, 2.24) is 4.90 Å². The molecule has 0 aliphatic carbocycles. The number of aromatic hydroxyl groups is 1. The maximum Gasteiger partial charge on any atom is 0.163 e. The number of hydrogen-bond acceptors (Lipinski definition) is 5. The van der Waals surface area contributed by atoms with Crippen LogP contribution in [0.5, 0.6) is 5.75 Å². The molecule has 0 radical (unpaired) electrons. The van der Waals surface area contributed by atoms with Crippen LogP contribution in [0.15, 0.2) is 46.2 Å². The van der Waals surface area contributed by atoms with Crippen molar-refractivity contribution in [2.45, 2.75) is 37.0 Å². The molecule has 2 aromatic rings. The van der Waals surface area contributed by atoms with Crippen molar-refractivity contribution in [3.8, 4) is 5.75 Å². The molecule has 1 aliphatic rings. The fraction of sp³-hybridized carbons (Fsp3) is 0.381. The SMILES string of the molecule is CCN(CC)CCCN1c2ccccc2Sc2ccc(C(C)=O)c(O)c21. The molecule has 0 amide bonds. The third-order valence-electron chi connectivity index (χ3n) is 4.89. The maximum atomic E-state index is 11.9. The van der Waals surface area contributed by atoms with Gasteiger partial charge in [0, 0.05) is 16.3 Å². The molecule has 0 fully saturated rings. The van der Waals surface area contributed by atoms with Gasteiger partial charge < -0.3 is 14.9 Å². The second-order valence-electron chi connectivity index (χ2n) is 6.47. The Balaban J connectivity index is 1.97. The predicted molar refractivity (Wildman–Crippen MR) is 108 cm³/mol. The summed E-state index contributed by atoms with van der Waals surface area (Å²) < 4.78 is 0. The van der Waals surface area contributed by atoms with Gasteiger partial charge in [-0.05, 0) is 57.2 Å². The first-order chi connectivity index (χ1) is 12.6. The molecule has 3 rings (SSSR count). The van der Waals surface area contributed by atoms with E-state index in [1.807, 2.05) is 18.2 Å². The van der Waals surface area contributed by atoms with Gasteiger partial charge in [-0.3, -0.25) is 4.79 Å². The van der Waals surface area contributed by atoms with E-state index in [9.17, 15) is 9.90 Å². The number of phenolic OH excluding ortho intramolecular Hbond substituents is 1. The molecule has 0 aromatic heterocycles. The van der Waals surface area contributed by atoms with Crippen LogP contribution in [0.3, 0.4) is 0 Å². The number of benzene rings is 2. The van der Waals surface area contributed by atoms with Gasteiger partial charge in [-0.15, -0.1) is 0 Å². The summed E-state index contributed by atoms with van der Waals surface area (Å²) in [7, 11) is 0. The lowest BCUT2D eigenvalue weighted by Crippen LogP contribution is -2.29. The van der Waals surface area contributed by atoms with Gasteiger partial charge in [0.05, 0.1) is 16.9 Å². The highest BCUT2D eigenvalue weighted by atomic mass is 32.2. The van der Waals surface area contributed by atoms with Gasteiger partial charge in [-0.2, -0.15) is 0 Å². The molecule has 0 unspecified atom stereocenters. The van der Waals surface area contributed by atoms with E-state index in [4.69, 9.17) is 0 Å². The van der Waals surface area contributed by atoms with E-state index in [-0.39, 0.29) is 11.5 Å². The zero-order chi connectivity index (χ0) is 18.7. The van der Waals surface area contributed by atoms with Crippen molar-refractivity contribution >= 4 is 28.9 Å². The summed E-state index contributed by atoms with van der Waals surface area (Å²) in [6, 6.07) is 11.9. The van der Waals surface area contributed by atoms with E-state index < -0.39 is 0 Å². The summed E-state index contributed by atoms with van der Waals surface area (Å²) in [6.45, 7) is 9.75. The van der Waals surface area contributed by atoms with E-state index in [1.165, 1.54) is 11.8 Å². The van der Waals surface area contributed by atoms with Crippen LogP contribution in [-0.2, 0) is 0 Å². The normalized spacial score (nSPS) is 12.8. The molecule has 0 saturated carbocycles. The number of phenols is 1. The first kappa shape index (κ1) is 18.8. The number of fused-ring (bicyclic) bond motifs is 2. The van der Waals surface area contributed by atoms with E-state index >= 15 is 0 Å². The van der Waals surface area contributed by atoms with Crippen LogP contribution in [0.2, 0.25) is 0 Å². The second-order valence-corrected chi connectivity index (χ2v) is 7.55. The Morgan fingerprint density at radius 1 is 1.12 bits per heavy atom. The van der Waals surface area contributed by atoms with Crippen molar-refractivity contribution in [1.29, 1.82) is 0 Å². The molecule has 138 valence electrons. The van der Waals surface area contributed by atoms with Crippen LogP contribution in [0, 0.1) is 0 Å². The largest absolute Gasteiger partial charge is 0.505 e. The Bertz CT molecular complexity index is 803. The van der Waals surface area contributed by atoms with Crippen molar-refractivity contribution in [2.75, 3.05) is 31.1 Å². The summed E-state index contributed by atoms with van der Waals surface area (Å²) in [5.74, 6) is -0.0166. The molecule has 1 N–H and O–H groups in total. The molecular weight excluding hydrogens is 344 g/mol. The lowest BCUT2D eigenvalue weighted by Gasteiger charge is -2.34. The van der Waals surface area contributed by atoms with E-state index in [0.717, 1.165) is 48.9 Å². The fourth-order valence-corrected chi connectivity index (χ4v) is 4.52. The van der Waals surface area contributed by atoms with Crippen molar-refractivity contribution in [3.63, 3.8) is 0 Å². The second kappa shape index (κ2) is 8.14.